The molecule has 2 aromatic heterocycles. The lowest BCUT2D eigenvalue weighted by Gasteiger charge is -2.63. The van der Waals surface area contributed by atoms with E-state index in [4.69, 9.17) is 35.5 Å². The van der Waals surface area contributed by atoms with Gasteiger partial charge < -0.3 is 49.6 Å². The highest BCUT2D eigenvalue weighted by atomic mass is 35.5. The summed E-state index contributed by atoms with van der Waals surface area (Å²) in [7, 11) is 5.15. The van der Waals surface area contributed by atoms with Crippen molar-refractivity contribution >= 4 is 58.4 Å². The number of fused-ring (bicyclic) bond motifs is 1. The van der Waals surface area contributed by atoms with Crippen LogP contribution in [0.1, 0.15) is 93.0 Å². The van der Waals surface area contributed by atoms with Gasteiger partial charge in [0.05, 0.1) is 61.6 Å². The number of benzene rings is 2. The van der Waals surface area contributed by atoms with E-state index in [-0.39, 0.29) is 42.0 Å². The van der Waals surface area contributed by atoms with Crippen molar-refractivity contribution in [1.29, 1.82) is 5.26 Å². The minimum Gasteiger partial charge on any atom is -0.495 e. The average molecular weight is 953 g/mol. The molecular weight excluding hydrogens is 890 g/mol. The van der Waals surface area contributed by atoms with Crippen molar-refractivity contribution in [1.82, 2.24) is 30.6 Å². The fourth-order valence-electron chi connectivity index (χ4n) is 9.91. The molecular formula is C49H62ClN11O7. The lowest BCUT2D eigenvalue weighted by atomic mass is 9.49. The molecule has 362 valence electrons. The number of carbonyl (C=O) groups excluding carboxylic acids is 3. The third-order valence-electron chi connectivity index (χ3n) is 13.3. The first kappa shape index (κ1) is 49.6. The van der Waals surface area contributed by atoms with Crippen LogP contribution in [0.5, 0.6) is 11.5 Å². The molecule has 2 aromatic carbocycles. The lowest BCUT2D eigenvalue weighted by Crippen LogP contribution is -2.74. The van der Waals surface area contributed by atoms with E-state index < -0.39 is 10.8 Å². The van der Waals surface area contributed by atoms with Crippen molar-refractivity contribution in [2.24, 2.45) is 10.8 Å². The summed E-state index contributed by atoms with van der Waals surface area (Å²) in [5.74, 6) is 2.08. The van der Waals surface area contributed by atoms with Crippen LogP contribution in [0.15, 0.2) is 55.0 Å². The minimum atomic E-state index is -0.411. The Hall–Kier alpha value is -6.29. The number of hydrogen-bond acceptors (Lipinski definition) is 15. The van der Waals surface area contributed by atoms with Gasteiger partial charge in [-0.25, -0.2) is 15.0 Å². The zero-order chi connectivity index (χ0) is 48.8. The molecule has 0 saturated heterocycles. The normalized spacial score (nSPS) is 19.4. The zero-order valence-electron chi connectivity index (χ0n) is 40.1. The van der Waals surface area contributed by atoms with Gasteiger partial charge in [-0.15, -0.1) is 0 Å². The van der Waals surface area contributed by atoms with Crippen LogP contribution >= 0.6 is 11.6 Å². The summed E-state index contributed by atoms with van der Waals surface area (Å²) in [6, 6.07) is 12.0. The Morgan fingerprint density at radius 1 is 0.941 bits per heavy atom. The Labute approximate surface area is 403 Å². The molecule has 0 radical (unpaired) electrons. The van der Waals surface area contributed by atoms with Gasteiger partial charge in [0.1, 0.15) is 35.4 Å². The molecule has 68 heavy (non-hydrogen) atoms. The van der Waals surface area contributed by atoms with Gasteiger partial charge in [0.25, 0.3) is 11.8 Å². The summed E-state index contributed by atoms with van der Waals surface area (Å²) in [5, 5.41) is 18.8. The van der Waals surface area contributed by atoms with Crippen molar-refractivity contribution in [3.8, 4) is 17.6 Å². The summed E-state index contributed by atoms with van der Waals surface area (Å²) in [5.41, 5.74) is 1.60. The smallest absolute Gasteiger partial charge is 0.254 e. The highest BCUT2D eigenvalue weighted by Gasteiger charge is 2.64. The van der Waals surface area contributed by atoms with Gasteiger partial charge in [-0.05, 0) is 49.6 Å². The van der Waals surface area contributed by atoms with Gasteiger partial charge in [0, 0.05) is 74.1 Å². The predicted octanol–water partition coefficient (Wildman–Crippen LogP) is 6.56. The van der Waals surface area contributed by atoms with Crippen molar-refractivity contribution in [2.45, 2.75) is 91.0 Å². The summed E-state index contributed by atoms with van der Waals surface area (Å²) in [6.07, 6.45) is 9.48. The molecule has 7 rings (SSSR count). The van der Waals surface area contributed by atoms with E-state index in [0.29, 0.717) is 102 Å². The molecule has 18 nitrogen and oxygen atoms in total. The van der Waals surface area contributed by atoms with E-state index in [2.05, 4.69) is 41.9 Å². The molecule has 2 saturated carbocycles. The van der Waals surface area contributed by atoms with Crippen molar-refractivity contribution in [3.05, 3.63) is 76.7 Å². The Morgan fingerprint density at radius 2 is 1.65 bits per heavy atom. The molecule has 2 fully saturated rings. The van der Waals surface area contributed by atoms with Crippen LogP contribution in [0.4, 0.5) is 29.1 Å². The van der Waals surface area contributed by atoms with E-state index in [9.17, 15) is 19.6 Å². The van der Waals surface area contributed by atoms with Crippen LogP contribution in [0, 0.1) is 22.2 Å². The topological polar surface area (TPSA) is 209 Å². The molecule has 3 amide bonds. The molecule has 4 aromatic rings. The second-order valence-electron chi connectivity index (χ2n) is 18.6. The molecule has 3 heterocycles. The molecule has 1 aliphatic heterocycles. The van der Waals surface area contributed by atoms with E-state index in [0.717, 1.165) is 31.5 Å². The predicted molar refractivity (Wildman–Crippen MR) is 259 cm³/mol. The van der Waals surface area contributed by atoms with Gasteiger partial charge in [-0.2, -0.15) is 10.2 Å². The number of anilines is 5. The summed E-state index contributed by atoms with van der Waals surface area (Å²) in [4.78, 5) is 63.6. The third-order valence-corrected chi connectivity index (χ3v) is 13.6. The number of nitrogens with one attached hydrogen (secondary N) is 3. The first-order valence-electron chi connectivity index (χ1n) is 23.1. The molecule has 0 bridgehead atoms. The Kier molecular flexibility index (Phi) is 15.6. The second-order valence-corrected chi connectivity index (χ2v) is 19.0. The molecule has 1 atom stereocenters. The van der Waals surface area contributed by atoms with Crippen LogP contribution in [0.3, 0.4) is 0 Å². The van der Waals surface area contributed by atoms with E-state index in [1.165, 1.54) is 19.5 Å². The summed E-state index contributed by atoms with van der Waals surface area (Å²) in [6.45, 7) is 12.4. The summed E-state index contributed by atoms with van der Waals surface area (Å²) >= 11 is 6.23. The lowest BCUT2D eigenvalue weighted by molar-refractivity contribution is -0.164. The number of nitriles is 1. The number of likely N-dealkylation sites (N-methyl/N-ethyl adjacent to an activating group) is 2. The minimum absolute atomic E-state index is 0.0560. The number of amides is 3. The van der Waals surface area contributed by atoms with E-state index in [1.807, 2.05) is 46.6 Å². The third kappa shape index (κ3) is 10.5. The van der Waals surface area contributed by atoms with Gasteiger partial charge in [0.2, 0.25) is 17.8 Å². The quantitative estimate of drug-likeness (QED) is 0.0802. The fraction of sp³-hybridized carbons (Fsp3) is 0.510. The molecule has 0 unspecified atom stereocenters. The second kappa shape index (κ2) is 21.3. The summed E-state index contributed by atoms with van der Waals surface area (Å²) < 4.78 is 23.4. The first-order chi connectivity index (χ1) is 32.6. The van der Waals surface area contributed by atoms with Gasteiger partial charge >= 0.3 is 0 Å². The molecule has 2 aliphatic carbocycles. The van der Waals surface area contributed by atoms with Crippen LogP contribution in [-0.4, -0.2) is 123 Å². The number of nitrogens with zero attached hydrogens (tertiary/aromatic N) is 8. The molecule has 3 N–H and O–H groups in total. The van der Waals surface area contributed by atoms with Gasteiger partial charge in [0.15, 0.2) is 5.82 Å². The number of aromatic nitrogens is 4. The molecule has 3 aliphatic rings. The van der Waals surface area contributed by atoms with E-state index >= 15 is 0 Å². The highest BCUT2D eigenvalue weighted by molar-refractivity contribution is 6.31. The number of hydrogen-bond donors (Lipinski definition) is 3. The SMILES string of the molecule is CC[C@@H]1C(=O)N(C)c2cnc(Nc3ccc(C(=O)NCCOCCOCCN(C)c4ncc(C(=O)N[C@H]5C(C)(C)[C@H](Oc6ccc(C#N)c(Cl)c6)C5(C)C)cn4)cc3OC)nc2N1C1CCCC1. The van der Waals surface area contributed by atoms with Crippen LogP contribution in [-0.2, 0) is 14.3 Å². The van der Waals surface area contributed by atoms with E-state index in [1.54, 1.807) is 54.5 Å². The first-order valence-corrected chi connectivity index (χ1v) is 23.5. The monoisotopic (exact) mass is 951 g/mol. The Balaban J connectivity index is 0.797. The van der Waals surface area contributed by atoms with Gasteiger partial charge in [-0.3, -0.25) is 14.4 Å². The van der Waals surface area contributed by atoms with Crippen LogP contribution in [0.25, 0.3) is 0 Å². The maximum absolute atomic E-state index is 13.3. The van der Waals surface area contributed by atoms with Crippen molar-refractivity contribution in [2.75, 3.05) is 80.7 Å². The number of halogens is 1. The standard InChI is InChI=1S/C49H62ClN11O7/c1-9-37-43(64)60(7)38-29-53-46(57-40(38)61(37)33-12-10-11-13-33)56-36-17-15-30(24-39(36)65-8)41(62)52-18-20-66-22-23-67-21-19-59(6)47-54-27-32(28-55-47)42(63)58-44-48(2,3)45(49(44,4)5)68-34-16-14-31(26-51)35(50)25-34/h14-17,24-25,27-29,33,37,44-45H,9-13,18-23H2,1-8H3,(H,52,62)(H,58,63)(H,53,56,57)/t37-,44-,45-/m1/s1. The van der Waals surface area contributed by atoms with Gasteiger partial charge in [-0.1, -0.05) is 59.1 Å². The Morgan fingerprint density at radius 3 is 2.31 bits per heavy atom. The average Bonchev–Trinajstić information content (AvgIpc) is 3.87. The number of ether oxygens (including phenoxy) is 4. The number of methoxy groups -OCH3 is 1. The number of carbonyl (C=O) groups is 3. The van der Waals surface area contributed by atoms with Crippen LogP contribution in [0.2, 0.25) is 5.02 Å². The fourth-order valence-corrected chi connectivity index (χ4v) is 10.1. The largest absolute Gasteiger partial charge is 0.495 e. The molecule has 0 spiro atoms. The van der Waals surface area contributed by atoms with Crippen LogP contribution < -0.4 is 40.1 Å². The zero-order valence-corrected chi connectivity index (χ0v) is 40.9. The molecule has 19 heteroatoms. The maximum atomic E-state index is 13.3. The van der Waals surface area contributed by atoms with Crippen molar-refractivity contribution in [3.63, 3.8) is 0 Å². The highest BCUT2D eigenvalue weighted by Crippen LogP contribution is 2.55. The number of rotatable bonds is 20. The Bertz CT molecular complexity index is 2480. The van der Waals surface area contributed by atoms with Crippen molar-refractivity contribution < 1.29 is 33.3 Å². The maximum Gasteiger partial charge on any atom is 0.254 e.